The van der Waals surface area contributed by atoms with Gasteiger partial charge in [-0.1, -0.05) is 19.8 Å². The van der Waals surface area contributed by atoms with Crippen molar-refractivity contribution in [3.8, 4) is 0 Å². The van der Waals surface area contributed by atoms with E-state index in [-0.39, 0.29) is 17.0 Å². The molecular weight excluding hydrogens is 274 g/mol. The summed E-state index contributed by atoms with van der Waals surface area (Å²) in [4.78, 5) is 11.6. The van der Waals surface area contributed by atoms with Crippen molar-refractivity contribution in [3.63, 3.8) is 0 Å². The molecule has 0 aromatic rings. The Balaban J connectivity index is 4.05. The van der Waals surface area contributed by atoms with E-state index in [0.717, 1.165) is 38.0 Å². The van der Waals surface area contributed by atoms with Gasteiger partial charge in [-0.2, -0.15) is 0 Å². The number of amides is 1. The molecule has 0 spiro atoms. The molecule has 0 aliphatic heterocycles. The molecule has 0 heterocycles. The van der Waals surface area contributed by atoms with Crippen LogP contribution in [0, 0.1) is 0 Å². The lowest BCUT2D eigenvalue weighted by Gasteiger charge is -2.32. The summed E-state index contributed by atoms with van der Waals surface area (Å²) < 4.78 is 6.01. The third kappa shape index (κ3) is 10.5. The van der Waals surface area contributed by atoms with Gasteiger partial charge in [-0.25, -0.2) is 0 Å². The van der Waals surface area contributed by atoms with Crippen molar-refractivity contribution in [2.75, 3.05) is 12.5 Å². The van der Waals surface area contributed by atoms with E-state index in [4.69, 9.17) is 16.3 Å². The number of halogens is 1. The van der Waals surface area contributed by atoms with Crippen LogP contribution in [0.3, 0.4) is 0 Å². The Morgan fingerprint density at radius 2 is 1.80 bits per heavy atom. The molecule has 3 nitrogen and oxygen atoms in total. The predicted octanol–water partition coefficient (Wildman–Crippen LogP) is 4.28. The topological polar surface area (TPSA) is 38.3 Å². The van der Waals surface area contributed by atoms with Crippen molar-refractivity contribution in [1.29, 1.82) is 0 Å². The van der Waals surface area contributed by atoms with Gasteiger partial charge in [0.1, 0.15) is 0 Å². The second-order valence-corrected chi connectivity index (χ2v) is 7.11. The van der Waals surface area contributed by atoms with Crippen LogP contribution in [0.2, 0.25) is 0 Å². The van der Waals surface area contributed by atoms with Gasteiger partial charge in [-0.05, 0) is 47.0 Å². The molecule has 0 unspecified atom stereocenters. The van der Waals surface area contributed by atoms with Crippen LogP contribution in [0.5, 0.6) is 0 Å². The number of rotatable bonds is 11. The number of carbonyl (C=O) groups excluding carboxylic acids is 1. The van der Waals surface area contributed by atoms with Gasteiger partial charge in [0.05, 0.1) is 17.7 Å². The van der Waals surface area contributed by atoms with Crippen molar-refractivity contribution in [2.45, 2.75) is 84.3 Å². The van der Waals surface area contributed by atoms with E-state index in [9.17, 15) is 4.79 Å². The first-order valence-electron chi connectivity index (χ1n) is 7.73. The van der Waals surface area contributed by atoms with Gasteiger partial charge in [0.15, 0.2) is 0 Å². The monoisotopic (exact) mass is 305 g/mol. The van der Waals surface area contributed by atoms with Crippen molar-refractivity contribution in [1.82, 2.24) is 5.32 Å². The van der Waals surface area contributed by atoms with E-state index < -0.39 is 0 Å². The first-order valence-corrected chi connectivity index (χ1v) is 8.27. The van der Waals surface area contributed by atoms with E-state index in [1.165, 1.54) is 0 Å². The SMILES string of the molecule is CCCC(=O)NC(C)(C)COC(C)(C)CCCCCCl. The summed E-state index contributed by atoms with van der Waals surface area (Å²) in [6.45, 7) is 10.8. The summed E-state index contributed by atoms with van der Waals surface area (Å²) in [6, 6.07) is 0. The third-order valence-electron chi connectivity index (χ3n) is 3.19. The van der Waals surface area contributed by atoms with Crippen LogP contribution in [0.4, 0.5) is 0 Å². The molecule has 0 radical (unpaired) electrons. The van der Waals surface area contributed by atoms with Gasteiger partial charge in [0, 0.05) is 12.3 Å². The Kier molecular flexibility index (Phi) is 9.48. The minimum absolute atomic E-state index is 0.0982. The molecular formula is C16H32ClNO2. The van der Waals surface area contributed by atoms with E-state index in [1.807, 2.05) is 20.8 Å². The smallest absolute Gasteiger partial charge is 0.220 e. The summed E-state index contributed by atoms with van der Waals surface area (Å²) in [5, 5.41) is 3.02. The summed E-state index contributed by atoms with van der Waals surface area (Å²) in [7, 11) is 0. The van der Waals surface area contributed by atoms with Crippen LogP contribution in [0.1, 0.15) is 73.1 Å². The predicted molar refractivity (Wildman–Crippen MR) is 86.3 cm³/mol. The molecule has 0 saturated heterocycles. The molecule has 20 heavy (non-hydrogen) atoms. The van der Waals surface area contributed by atoms with Gasteiger partial charge in [0.25, 0.3) is 0 Å². The third-order valence-corrected chi connectivity index (χ3v) is 3.46. The van der Waals surface area contributed by atoms with Crippen molar-refractivity contribution in [2.24, 2.45) is 0 Å². The van der Waals surface area contributed by atoms with E-state index >= 15 is 0 Å². The minimum atomic E-state index is -0.320. The fourth-order valence-electron chi connectivity index (χ4n) is 1.97. The van der Waals surface area contributed by atoms with Crippen molar-refractivity contribution < 1.29 is 9.53 Å². The summed E-state index contributed by atoms with van der Waals surface area (Å²) in [5.74, 6) is 0.832. The molecule has 120 valence electrons. The van der Waals surface area contributed by atoms with Crippen LogP contribution in [0.15, 0.2) is 0 Å². The lowest BCUT2D eigenvalue weighted by molar-refractivity contribution is -0.124. The van der Waals surface area contributed by atoms with E-state index in [0.29, 0.717) is 13.0 Å². The number of hydrogen-bond acceptors (Lipinski definition) is 2. The molecule has 0 aliphatic rings. The highest BCUT2D eigenvalue weighted by Crippen LogP contribution is 2.20. The zero-order valence-corrected chi connectivity index (χ0v) is 14.6. The molecule has 0 saturated carbocycles. The molecule has 0 rings (SSSR count). The minimum Gasteiger partial charge on any atom is -0.373 e. The highest BCUT2D eigenvalue weighted by Gasteiger charge is 2.25. The number of unbranched alkanes of at least 4 members (excludes halogenated alkanes) is 2. The highest BCUT2D eigenvalue weighted by molar-refractivity contribution is 6.17. The summed E-state index contributed by atoms with van der Waals surface area (Å²) >= 11 is 5.68. The maximum Gasteiger partial charge on any atom is 0.220 e. The molecule has 0 bridgehead atoms. The molecule has 1 N–H and O–H groups in total. The Morgan fingerprint density at radius 1 is 1.15 bits per heavy atom. The van der Waals surface area contributed by atoms with Crippen LogP contribution < -0.4 is 5.32 Å². The largest absolute Gasteiger partial charge is 0.373 e. The average molecular weight is 306 g/mol. The summed E-state index contributed by atoms with van der Waals surface area (Å²) in [5.41, 5.74) is -0.473. The molecule has 0 aliphatic carbocycles. The van der Waals surface area contributed by atoms with Crippen LogP contribution in [-0.4, -0.2) is 29.5 Å². The number of ether oxygens (including phenoxy) is 1. The number of alkyl halides is 1. The van der Waals surface area contributed by atoms with E-state index in [2.05, 4.69) is 19.2 Å². The van der Waals surface area contributed by atoms with Gasteiger partial charge < -0.3 is 10.1 Å². The number of carbonyl (C=O) groups is 1. The second-order valence-electron chi connectivity index (χ2n) is 6.73. The number of hydrogen-bond donors (Lipinski definition) is 1. The normalized spacial score (nSPS) is 12.5. The average Bonchev–Trinajstić information content (AvgIpc) is 2.32. The quantitative estimate of drug-likeness (QED) is 0.457. The molecule has 0 aromatic carbocycles. The zero-order valence-electron chi connectivity index (χ0n) is 13.9. The fourth-order valence-corrected chi connectivity index (χ4v) is 2.16. The first-order chi connectivity index (χ1) is 9.22. The van der Waals surface area contributed by atoms with Crippen LogP contribution >= 0.6 is 11.6 Å². The van der Waals surface area contributed by atoms with Crippen molar-refractivity contribution in [3.05, 3.63) is 0 Å². The first kappa shape index (κ1) is 19.7. The Morgan fingerprint density at radius 3 is 2.35 bits per heavy atom. The number of nitrogens with one attached hydrogen (secondary N) is 1. The van der Waals surface area contributed by atoms with Gasteiger partial charge in [-0.15, -0.1) is 11.6 Å². The van der Waals surface area contributed by atoms with Gasteiger partial charge in [0.2, 0.25) is 5.91 Å². The molecule has 0 fully saturated rings. The van der Waals surface area contributed by atoms with Crippen LogP contribution in [-0.2, 0) is 9.53 Å². The Hall–Kier alpha value is -0.280. The van der Waals surface area contributed by atoms with Gasteiger partial charge >= 0.3 is 0 Å². The van der Waals surface area contributed by atoms with Crippen LogP contribution in [0.25, 0.3) is 0 Å². The summed E-state index contributed by atoms with van der Waals surface area (Å²) in [6.07, 6.45) is 5.80. The molecule has 0 aromatic heterocycles. The zero-order chi connectivity index (χ0) is 15.6. The van der Waals surface area contributed by atoms with Gasteiger partial charge in [-0.3, -0.25) is 4.79 Å². The lowest BCUT2D eigenvalue weighted by Crippen LogP contribution is -2.48. The maximum absolute atomic E-state index is 11.6. The molecule has 0 atom stereocenters. The Labute approximate surface area is 129 Å². The highest BCUT2D eigenvalue weighted by atomic mass is 35.5. The molecule has 4 heteroatoms. The Bertz CT molecular complexity index is 278. The maximum atomic E-state index is 11.6. The molecule has 1 amide bonds. The lowest BCUT2D eigenvalue weighted by atomic mass is 9.99. The second kappa shape index (κ2) is 9.62. The standard InChI is InChI=1S/C16H32ClNO2/c1-6-10-14(19)18-15(2,3)13-20-16(4,5)11-8-7-9-12-17/h6-13H2,1-5H3,(H,18,19). The fraction of sp³-hybridized carbons (Fsp3) is 0.938. The van der Waals surface area contributed by atoms with E-state index in [1.54, 1.807) is 0 Å². The van der Waals surface area contributed by atoms with Crippen molar-refractivity contribution >= 4 is 17.5 Å².